The van der Waals surface area contributed by atoms with Crippen LogP contribution in [0.1, 0.15) is 19.3 Å². The van der Waals surface area contributed by atoms with E-state index in [9.17, 15) is 5.11 Å². The van der Waals surface area contributed by atoms with Crippen LogP contribution in [0.5, 0.6) is 0 Å². The van der Waals surface area contributed by atoms with Crippen molar-refractivity contribution in [3.8, 4) is 0 Å². The Balaban J connectivity index is 2.10. The molecule has 0 aliphatic heterocycles. The second-order valence-corrected chi connectivity index (χ2v) is 3.67. The molecule has 2 fully saturated rings. The SMILES string of the molecule is OC[C@@H]1[C@@H]2CC[C@@H](C2)[C@@H]1O. The third-order valence-corrected chi connectivity index (χ3v) is 3.25. The number of fused-ring (bicyclic) bond motifs is 2. The quantitative estimate of drug-likeness (QED) is 0.556. The molecular weight excluding hydrogens is 128 g/mol. The summed E-state index contributed by atoms with van der Waals surface area (Å²) in [5.74, 6) is 1.35. The van der Waals surface area contributed by atoms with Crippen LogP contribution in [0.15, 0.2) is 0 Å². The molecule has 2 aliphatic carbocycles. The minimum Gasteiger partial charge on any atom is -0.396 e. The Morgan fingerprint density at radius 3 is 2.30 bits per heavy atom. The van der Waals surface area contributed by atoms with Crippen LogP contribution in [-0.4, -0.2) is 22.9 Å². The van der Waals surface area contributed by atoms with Gasteiger partial charge in [0.05, 0.1) is 6.10 Å². The van der Waals surface area contributed by atoms with Crippen molar-refractivity contribution in [2.75, 3.05) is 6.61 Å². The van der Waals surface area contributed by atoms with E-state index in [-0.39, 0.29) is 18.6 Å². The number of hydrogen-bond acceptors (Lipinski definition) is 2. The van der Waals surface area contributed by atoms with E-state index < -0.39 is 0 Å². The Morgan fingerprint density at radius 2 is 1.90 bits per heavy atom. The normalized spacial score (nSPS) is 52.2. The summed E-state index contributed by atoms with van der Waals surface area (Å²) < 4.78 is 0. The Morgan fingerprint density at radius 1 is 1.20 bits per heavy atom. The Labute approximate surface area is 60.9 Å². The van der Waals surface area contributed by atoms with Gasteiger partial charge in [-0.05, 0) is 31.1 Å². The highest BCUT2D eigenvalue weighted by molar-refractivity contribution is 4.96. The van der Waals surface area contributed by atoms with Gasteiger partial charge in [0.1, 0.15) is 0 Å². The summed E-state index contributed by atoms with van der Waals surface area (Å²) in [6, 6.07) is 0. The zero-order valence-corrected chi connectivity index (χ0v) is 6.03. The van der Waals surface area contributed by atoms with Gasteiger partial charge < -0.3 is 10.2 Å². The van der Waals surface area contributed by atoms with Crippen LogP contribution in [0.25, 0.3) is 0 Å². The zero-order chi connectivity index (χ0) is 7.14. The number of hydrogen-bond donors (Lipinski definition) is 2. The predicted molar refractivity (Wildman–Crippen MR) is 37.4 cm³/mol. The van der Waals surface area contributed by atoms with Gasteiger partial charge in [0.25, 0.3) is 0 Å². The van der Waals surface area contributed by atoms with Gasteiger partial charge in [-0.3, -0.25) is 0 Å². The summed E-state index contributed by atoms with van der Waals surface area (Å²) in [5, 5.41) is 18.4. The molecule has 58 valence electrons. The van der Waals surface area contributed by atoms with Gasteiger partial charge in [-0.15, -0.1) is 0 Å². The highest BCUT2D eigenvalue weighted by Crippen LogP contribution is 2.48. The Hall–Kier alpha value is -0.0800. The van der Waals surface area contributed by atoms with Crippen molar-refractivity contribution in [2.45, 2.75) is 25.4 Å². The molecule has 0 spiro atoms. The number of aliphatic hydroxyl groups excluding tert-OH is 2. The maximum absolute atomic E-state index is 9.52. The van der Waals surface area contributed by atoms with Crippen molar-refractivity contribution >= 4 is 0 Å². The van der Waals surface area contributed by atoms with E-state index >= 15 is 0 Å². The van der Waals surface area contributed by atoms with E-state index in [1.807, 2.05) is 0 Å². The van der Waals surface area contributed by atoms with Gasteiger partial charge >= 0.3 is 0 Å². The largest absolute Gasteiger partial charge is 0.396 e. The van der Waals surface area contributed by atoms with E-state index in [4.69, 9.17) is 5.11 Å². The molecule has 0 aromatic heterocycles. The molecule has 0 unspecified atom stereocenters. The summed E-state index contributed by atoms with van der Waals surface area (Å²) in [4.78, 5) is 0. The van der Waals surface area contributed by atoms with Gasteiger partial charge in [0.15, 0.2) is 0 Å². The summed E-state index contributed by atoms with van der Waals surface area (Å²) in [5.41, 5.74) is 0. The molecule has 10 heavy (non-hydrogen) atoms. The average Bonchev–Trinajstić information content (AvgIpc) is 2.46. The Kier molecular flexibility index (Phi) is 1.46. The van der Waals surface area contributed by atoms with Crippen molar-refractivity contribution in [1.82, 2.24) is 0 Å². The topological polar surface area (TPSA) is 40.5 Å². The molecule has 0 amide bonds. The van der Waals surface area contributed by atoms with Crippen LogP contribution in [0, 0.1) is 17.8 Å². The van der Waals surface area contributed by atoms with Crippen LogP contribution in [0.4, 0.5) is 0 Å². The fourth-order valence-electron chi connectivity index (χ4n) is 2.64. The van der Waals surface area contributed by atoms with Crippen molar-refractivity contribution in [2.24, 2.45) is 17.8 Å². The van der Waals surface area contributed by atoms with Gasteiger partial charge in [-0.25, -0.2) is 0 Å². The van der Waals surface area contributed by atoms with Crippen LogP contribution in [-0.2, 0) is 0 Å². The van der Waals surface area contributed by atoms with Crippen molar-refractivity contribution in [1.29, 1.82) is 0 Å². The average molecular weight is 142 g/mol. The molecular formula is C8H14O2. The molecule has 0 aromatic carbocycles. The molecule has 0 saturated heterocycles. The minimum atomic E-state index is -0.191. The van der Waals surface area contributed by atoms with Crippen LogP contribution < -0.4 is 0 Å². The van der Waals surface area contributed by atoms with E-state index in [2.05, 4.69) is 0 Å². The lowest BCUT2D eigenvalue weighted by Crippen LogP contribution is -2.29. The lowest BCUT2D eigenvalue weighted by Gasteiger charge is -2.24. The van der Waals surface area contributed by atoms with Gasteiger partial charge in [-0.1, -0.05) is 0 Å². The van der Waals surface area contributed by atoms with E-state index in [0.717, 1.165) is 6.42 Å². The third-order valence-electron chi connectivity index (χ3n) is 3.25. The molecule has 2 aliphatic rings. The molecule has 2 rings (SSSR count). The predicted octanol–water partition coefficient (Wildman–Crippen LogP) is 0.386. The summed E-state index contributed by atoms with van der Waals surface area (Å²) in [6.45, 7) is 0.183. The van der Waals surface area contributed by atoms with Crippen LogP contribution >= 0.6 is 0 Å². The molecule has 2 nitrogen and oxygen atoms in total. The maximum atomic E-state index is 9.52. The molecule has 0 aromatic rings. The lowest BCUT2D eigenvalue weighted by molar-refractivity contribution is 0.0276. The fraction of sp³-hybridized carbons (Fsp3) is 1.00. The minimum absolute atomic E-state index is 0.183. The van der Waals surface area contributed by atoms with E-state index in [0.29, 0.717) is 11.8 Å². The van der Waals surface area contributed by atoms with Crippen LogP contribution in [0.2, 0.25) is 0 Å². The second-order valence-electron chi connectivity index (χ2n) is 3.67. The van der Waals surface area contributed by atoms with Crippen LogP contribution in [0.3, 0.4) is 0 Å². The molecule has 2 saturated carbocycles. The molecule has 0 radical (unpaired) electrons. The maximum Gasteiger partial charge on any atom is 0.0621 e. The first-order valence-electron chi connectivity index (χ1n) is 4.12. The lowest BCUT2D eigenvalue weighted by atomic mass is 9.87. The number of rotatable bonds is 1. The zero-order valence-electron chi connectivity index (χ0n) is 6.03. The molecule has 2 heteroatoms. The van der Waals surface area contributed by atoms with E-state index in [1.54, 1.807) is 0 Å². The fourth-order valence-corrected chi connectivity index (χ4v) is 2.64. The highest BCUT2D eigenvalue weighted by Gasteiger charge is 2.46. The van der Waals surface area contributed by atoms with Crippen molar-refractivity contribution in [3.63, 3.8) is 0 Å². The number of aliphatic hydroxyl groups is 2. The first-order valence-corrected chi connectivity index (χ1v) is 4.12. The molecule has 2 bridgehead atoms. The smallest absolute Gasteiger partial charge is 0.0621 e. The second kappa shape index (κ2) is 2.21. The summed E-state index contributed by atoms with van der Waals surface area (Å²) >= 11 is 0. The standard InChI is InChI=1S/C8H14O2/c9-4-7-5-1-2-6(3-5)8(7)10/h5-10H,1-4H2/t5-,6+,7-,8+/m1/s1. The Bertz CT molecular complexity index is 133. The van der Waals surface area contributed by atoms with Crippen molar-refractivity contribution in [3.05, 3.63) is 0 Å². The van der Waals surface area contributed by atoms with Gasteiger partial charge in [0, 0.05) is 12.5 Å². The monoisotopic (exact) mass is 142 g/mol. The van der Waals surface area contributed by atoms with Gasteiger partial charge in [0.2, 0.25) is 0 Å². The van der Waals surface area contributed by atoms with Crippen molar-refractivity contribution < 1.29 is 10.2 Å². The first-order chi connectivity index (χ1) is 4.83. The molecule has 4 atom stereocenters. The summed E-state index contributed by atoms with van der Waals surface area (Å²) in [7, 11) is 0. The third kappa shape index (κ3) is 0.722. The first kappa shape index (κ1) is 6.62. The molecule has 2 N–H and O–H groups in total. The summed E-state index contributed by atoms with van der Waals surface area (Å²) in [6.07, 6.45) is 3.38. The highest BCUT2D eigenvalue weighted by atomic mass is 16.3. The van der Waals surface area contributed by atoms with Gasteiger partial charge in [-0.2, -0.15) is 0 Å². The van der Waals surface area contributed by atoms with E-state index in [1.165, 1.54) is 12.8 Å². The molecule has 0 heterocycles.